The van der Waals surface area contributed by atoms with Crippen molar-refractivity contribution in [2.75, 3.05) is 12.3 Å². The Bertz CT molecular complexity index is 996. The maximum Gasteiger partial charge on any atom is 0.325 e. The van der Waals surface area contributed by atoms with E-state index < -0.39 is 27.3 Å². The van der Waals surface area contributed by atoms with Crippen LogP contribution in [0.3, 0.4) is 0 Å². The lowest BCUT2D eigenvalue weighted by Gasteiger charge is -2.34. The third-order valence-electron chi connectivity index (χ3n) is 6.67. The Balaban J connectivity index is 1.34. The number of urea groups is 1. The lowest BCUT2D eigenvalue weighted by molar-refractivity contribution is -0.136. The molecule has 2 heterocycles. The first-order valence-electron chi connectivity index (χ1n) is 10.5. The number of carbonyl (C=O) groups excluding carboxylic acids is 3. The van der Waals surface area contributed by atoms with Gasteiger partial charge in [0.15, 0.2) is 9.84 Å². The van der Waals surface area contributed by atoms with Crippen LogP contribution in [-0.4, -0.2) is 49.0 Å². The largest absolute Gasteiger partial charge is 0.350 e. The number of fused-ring (bicyclic) bond motifs is 1. The molecule has 0 bridgehead atoms. The summed E-state index contributed by atoms with van der Waals surface area (Å²) in [4.78, 5) is 39.0. The van der Waals surface area contributed by atoms with Crippen LogP contribution in [0.2, 0.25) is 0 Å². The zero-order valence-corrected chi connectivity index (χ0v) is 17.9. The second-order valence-electron chi connectivity index (χ2n) is 8.54. The first-order chi connectivity index (χ1) is 14.2. The van der Waals surface area contributed by atoms with Gasteiger partial charge in [0.05, 0.1) is 10.6 Å². The van der Waals surface area contributed by atoms with Gasteiger partial charge in [0.25, 0.3) is 5.91 Å². The van der Waals surface area contributed by atoms with Crippen LogP contribution >= 0.6 is 0 Å². The fourth-order valence-electron chi connectivity index (χ4n) is 4.73. The number of benzene rings is 1. The molecule has 0 radical (unpaired) electrons. The molecule has 1 aliphatic carbocycles. The molecule has 0 unspecified atom stereocenters. The van der Waals surface area contributed by atoms with E-state index in [1.54, 1.807) is 18.2 Å². The van der Waals surface area contributed by atoms with Gasteiger partial charge in [-0.05, 0) is 55.2 Å². The molecular formula is C21H27N3O5S. The zero-order valence-electron chi connectivity index (χ0n) is 17.1. The predicted octanol–water partition coefficient (Wildman–Crippen LogP) is 1.52. The molecule has 3 aliphatic rings. The Labute approximate surface area is 176 Å². The highest BCUT2D eigenvalue weighted by Crippen LogP contribution is 2.37. The van der Waals surface area contributed by atoms with Crippen LogP contribution in [0.25, 0.3) is 0 Å². The van der Waals surface area contributed by atoms with Gasteiger partial charge in [0.1, 0.15) is 12.1 Å². The SMILES string of the molecule is CCC1CCC2(CC1)NC(=O)N(CC(=O)NCc1ccc3c(c1)CCS3(=O)=O)C2=O. The maximum atomic E-state index is 12.9. The van der Waals surface area contributed by atoms with Crippen molar-refractivity contribution in [2.45, 2.75) is 62.4 Å². The number of hydrogen-bond acceptors (Lipinski definition) is 5. The molecule has 1 saturated heterocycles. The van der Waals surface area contributed by atoms with Crippen molar-refractivity contribution in [1.29, 1.82) is 0 Å². The summed E-state index contributed by atoms with van der Waals surface area (Å²) in [5.74, 6) is -0.0312. The minimum atomic E-state index is -3.18. The third kappa shape index (κ3) is 3.71. The molecule has 2 fully saturated rings. The molecule has 4 amide bonds. The number of aryl methyl sites for hydroxylation is 1. The highest BCUT2D eigenvalue weighted by molar-refractivity contribution is 7.91. The second kappa shape index (κ2) is 7.68. The second-order valence-corrected chi connectivity index (χ2v) is 10.6. The van der Waals surface area contributed by atoms with E-state index in [2.05, 4.69) is 17.6 Å². The molecule has 4 rings (SSSR count). The summed E-state index contributed by atoms with van der Waals surface area (Å²) >= 11 is 0. The Kier molecular flexibility index (Phi) is 5.34. The summed E-state index contributed by atoms with van der Waals surface area (Å²) in [5.41, 5.74) is 0.695. The van der Waals surface area contributed by atoms with Crippen LogP contribution in [0, 0.1) is 5.92 Å². The van der Waals surface area contributed by atoms with Crippen LogP contribution in [0.15, 0.2) is 23.1 Å². The lowest BCUT2D eigenvalue weighted by atomic mass is 9.75. The highest BCUT2D eigenvalue weighted by atomic mass is 32.2. The normalized spacial score (nSPS) is 27.2. The number of sulfone groups is 1. The Morgan fingerprint density at radius 3 is 2.70 bits per heavy atom. The highest BCUT2D eigenvalue weighted by Gasteiger charge is 2.52. The first-order valence-corrected chi connectivity index (χ1v) is 12.1. The average molecular weight is 434 g/mol. The summed E-state index contributed by atoms with van der Waals surface area (Å²) in [7, 11) is -3.18. The summed E-state index contributed by atoms with van der Waals surface area (Å²) in [5, 5.41) is 5.55. The van der Waals surface area contributed by atoms with Crippen molar-refractivity contribution in [2.24, 2.45) is 5.92 Å². The molecule has 0 atom stereocenters. The molecule has 8 nitrogen and oxygen atoms in total. The minimum Gasteiger partial charge on any atom is -0.350 e. The van der Waals surface area contributed by atoms with Crippen molar-refractivity contribution in [3.8, 4) is 0 Å². The van der Waals surface area contributed by atoms with Gasteiger partial charge in [0.2, 0.25) is 5.91 Å². The van der Waals surface area contributed by atoms with Gasteiger partial charge in [-0.25, -0.2) is 13.2 Å². The Hall–Kier alpha value is -2.42. The maximum absolute atomic E-state index is 12.9. The van der Waals surface area contributed by atoms with E-state index in [-0.39, 0.29) is 24.7 Å². The number of carbonyl (C=O) groups is 3. The van der Waals surface area contributed by atoms with Gasteiger partial charge in [-0.2, -0.15) is 0 Å². The van der Waals surface area contributed by atoms with E-state index in [1.807, 2.05) is 0 Å². The molecule has 2 aliphatic heterocycles. The monoisotopic (exact) mass is 433 g/mol. The van der Waals surface area contributed by atoms with Crippen LogP contribution in [0.4, 0.5) is 4.79 Å². The first kappa shape index (κ1) is 20.8. The van der Waals surface area contributed by atoms with Crippen molar-refractivity contribution >= 4 is 27.7 Å². The summed E-state index contributed by atoms with van der Waals surface area (Å²) in [6.07, 6.45) is 4.58. The molecule has 2 N–H and O–H groups in total. The van der Waals surface area contributed by atoms with Crippen molar-refractivity contribution in [3.63, 3.8) is 0 Å². The number of amides is 4. The van der Waals surface area contributed by atoms with Crippen molar-refractivity contribution in [3.05, 3.63) is 29.3 Å². The number of rotatable bonds is 5. The molecule has 162 valence electrons. The van der Waals surface area contributed by atoms with E-state index in [0.29, 0.717) is 30.1 Å². The van der Waals surface area contributed by atoms with Crippen LogP contribution in [0.1, 0.15) is 50.2 Å². The quantitative estimate of drug-likeness (QED) is 0.684. The lowest BCUT2D eigenvalue weighted by Crippen LogP contribution is -2.50. The fraction of sp³-hybridized carbons (Fsp3) is 0.571. The standard InChI is InChI=1S/C21H27N3O5S/c1-2-14-5-8-21(9-6-14)19(26)24(20(27)23-21)13-18(25)22-12-15-3-4-17-16(11-15)7-10-30(17,28)29/h3-4,11,14H,2,5-10,12-13H2,1H3,(H,22,25)(H,23,27). The van der Waals surface area contributed by atoms with Crippen molar-refractivity contribution < 1.29 is 22.8 Å². The van der Waals surface area contributed by atoms with Crippen molar-refractivity contribution in [1.82, 2.24) is 15.5 Å². The molecule has 1 spiro atoms. The topological polar surface area (TPSA) is 113 Å². The van der Waals surface area contributed by atoms with Gasteiger partial charge in [-0.15, -0.1) is 0 Å². The van der Waals surface area contributed by atoms with Gasteiger partial charge < -0.3 is 10.6 Å². The molecule has 1 aromatic carbocycles. The molecular weight excluding hydrogens is 406 g/mol. The minimum absolute atomic E-state index is 0.116. The average Bonchev–Trinajstić information content (AvgIpc) is 3.15. The van der Waals surface area contributed by atoms with E-state index in [0.717, 1.165) is 35.3 Å². The predicted molar refractivity (Wildman–Crippen MR) is 109 cm³/mol. The van der Waals surface area contributed by atoms with E-state index in [9.17, 15) is 22.8 Å². The Morgan fingerprint density at radius 2 is 2.00 bits per heavy atom. The number of nitrogens with one attached hydrogen (secondary N) is 2. The van der Waals surface area contributed by atoms with E-state index >= 15 is 0 Å². The fourth-order valence-corrected chi connectivity index (χ4v) is 6.28. The molecule has 1 aromatic rings. The number of imide groups is 1. The molecule has 0 aromatic heterocycles. The number of hydrogen-bond donors (Lipinski definition) is 2. The van der Waals surface area contributed by atoms with Gasteiger partial charge in [0, 0.05) is 6.54 Å². The number of nitrogens with zero attached hydrogens (tertiary/aromatic N) is 1. The molecule has 1 saturated carbocycles. The van der Waals surface area contributed by atoms with Crippen LogP contribution < -0.4 is 10.6 Å². The van der Waals surface area contributed by atoms with Crippen LogP contribution in [0.5, 0.6) is 0 Å². The smallest absolute Gasteiger partial charge is 0.325 e. The molecule has 9 heteroatoms. The van der Waals surface area contributed by atoms with E-state index in [1.165, 1.54) is 0 Å². The van der Waals surface area contributed by atoms with Gasteiger partial charge >= 0.3 is 6.03 Å². The van der Waals surface area contributed by atoms with E-state index in [4.69, 9.17) is 0 Å². The summed E-state index contributed by atoms with van der Waals surface area (Å²) < 4.78 is 23.8. The zero-order chi connectivity index (χ0) is 21.5. The van der Waals surface area contributed by atoms with Crippen LogP contribution in [-0.2, 0) is 32.4 Å². The molecule has 30 heavy (non-hydrogen) atoms. The van der Waals surface area contributed by atoms with Gasteiger partial charge in [-0.1, -0.05) is 25.5 Å². The third-order valence-corrected chi connectivity index (χ3v) is 8.48. The Morgan fingerprint density at radius 1 is 1.27 bits per heavy atom. The summed E-state index contributed by atoms with van der Waals surface area (Å²) in [6.45, 7) is 2.02. The van der Waals surface area contributed by atoms with Gasteiger partial charge in [-0.3, -0.25) is 14.5 Å². The summed E-state index contributed by atoms with van der Waals surface area (Å²) in [6, 6.07) is 4.53.